The first-order valence-electron chi connectivity index (χ1n) is 7.51. The van der Waals surface area contributed by atoms with Crippen LogP contribution < -0.4 is 4.90 Å². The van der Waals surface area contributed by atoms with Crippen LogP contribution in [0.15, 0.2) is 42.6 Å². The van der Waals surface area contributed by atoms with Crippen molar-refractivity contribution in [2.24, 2.45) is 0 Å². The van der Waals surface area contributed by atoms with Crippen molar-refractivity contribution in [2.75, 3.05) is 18.1 Å². The number of nitrogens with zero attached hydrogens (tertiary/aromatic N) is 3. The minimum absolute atomic E-state index is 0.290. The molecule has 21 heavy (non-hydrogen) atoms. The second-order valence-electron chi connectivity index (χ2n) is 5.50. The van der Waals surface area contributed by atoms with E-state index in [1.165, 1.54) is 5.56 Å². The number of ether oxygens (including phenoxy) is 1. The summed E-state index contributed by atoms with van der Waals surface area (Å²) in [4.78, 5) is 11.2. The molecule has 4 heteroatoms. The van der Waals surface area contributed by atoms with Gasteiger partial charge in [0.15, 0.2) is 0 Å². The summed E-state index contributed by atoms with van der Waals surface area (Å²) in [6.07, 6.45) is 4.39. The lowest BCUT2D eigenvalue weighted by molar-refractivity contribution is 0.115. The average Bonchev–Trinajstić information content (AvgIpc) is 3.01. The highest BCUT2D eigenvalue weighted by Gasteiger charge is 2.21. The fourth-order valence-electron chi connectivity index (χ4n) is 2.64. The smallest absolute Gasteiger partial charge is 0.225 e. The van der Waals surface area contributed by atoms with E-state index in [-0.39, 0.29) is 6.10 Å². The van der Waals surface area contributed by atoms with Gasteiger partial charge in [0.2, 0.25) is 5.95 Å². The van der Waals surface area contributed by atoms with E-state index in [0.717, 1.165) is 44.2 Å². The molecule has 1 fully saturated rings. The van der Waals surface area contributed by atoms with Gasteiger partial charge in [0.05, 0.1) is 6.10 Å². The minimum Gasteiger partial charge on any atom is -0.376 e. The lowest BCUT2D eigenvalue weighted by Gasteiger charge is -2.25. The Morgan fingerprint density at radius 1 is 1.24 bits per heavy atom. The SMILES string of the molecule is Cc1ccnc(N(Cc2ccccc2)C[C@H]2CCCO2)n1. The third-order valence-corrected chi connectivity index (χ3v) is 3.73. The summed E-state index contributed by atoms with van der Waals surface area (Å²) in [6.45, 7) is 4.53. The first-order chi connectivity index (χ1) is 10.3. The van der Waals surface area contributed by atoms with E-state index in [9.17, 15) is 0 Å². The molecule has 0 radical (unpaired) electrons. The molecule has 1 aliphatic heterocycles. The van der Waals surface area contributed by atoms with E-state index in [1.807, 2.05) is 25.3 Å². The molecule has 3 rings (SSSR count). The van der Waals surface area contributed by atoms with Crippen molar-refractivity contribution in [2.45, 2.75) is 32.4 Å². The van der Waals surface area contributed by atoms with Gasteiger partial charge in [-0.2, -0.15) is 0 Å². The maximum absolute atomic E-state index is 5.78. The van der Waals surface area contributed by atoms with Gasteiger partial charge in [-0.3, -0.25) is 0 Å². The number of aryl methyl sites for hydroxylation is 1. The van der Waals surface area contributed by atoms with E-state index in [2.05, 4.69) is 39.1 Å². The van der Waals surface area contributed by atoms with Crippen LogP contribution in [0.2, 0.25) is 0 Å². The molecule has 0 aliphatic carbocycles. The fraction of sp³-hybridized carbons (Fsp3) is 0.412. The largest absolute Gasteiger partial charge is 0.376 e. The molecule has 0 saturated carbocycles. The first-order valence-corrected chi connectivity index (χ1v) is 7.51. The van der Waals surface area contributed by atoms with E-state index in [1.54, 1.807) is 0 Å². The Bertz CT molecular complexity index is 567. The third-order valence-electron chi connectivity index (χ3n) is 3.73. The molecule has 2 aromatic rings. The van der Waals surface area contributed by atoms with Crippen LogP contribution in [0.25, 0.3) is 0 Å². The molecule has 0 N–H and O–H groups in total. The van der Waals surface area contributed by atoms with Crippen molar-refractivity contribution >= 4 is 5.95 Å². The molecule has 1 aliphatic rings. The van der Waals surface area contributed by atoms with Crippen molar-refractivity contribution in [3.8, 4) is 0 Å². The van der Waals surface area contributed by atoms with Crippen LogP contribution in [0.5, 0.6) is 0 Å². The molecule has 1 aromatic heterocycles. The molecule has 110 valence electrons. The standard InChI is InChI=1S/C17H21N3O/c1-14-9-10-18-17(19-14)20(13-16-8-5-11-21-16)12-15-6-3-2-4-7-15/h2-4,6-7,9-10,16H,5,8,11-13H2,1H3/t16-/m1/s1. The van der Waals surface area contributed by atoms with Crippen LogP contribution in [0.3, 0.4) is 0 Å². The van der Waals surface area contributed by atoms with Crippen molar-refractivity contribution in [3.63, 3.8) is 0 Å². The molecule has 1 aromatic carbocycles. The summed E-state index contributed by atoms with van der Waals surface area (Å²) in [6, 6.07) is 12.4. The van der Waals surface area contributed by atoms with Crippen LogP contribution in [-0.4, -0.2) is 29.2 Å². The highest BCUT2D eigenvalue weighted by atomic mass is 16.5. The Morgan fingerprint density at radius 2 is 2.10 bits per heavy atom. The molecule has 1 atom stereocenters. The van der Waals surface area contributed by atoms with Crippen molar-refractivity contribution in [1.29, 1.82) is 0 Å². The van der Waals surface area contributed by atoms with Gasteiger partial charge in [0.25, 0.3) is 0 Å². The molecule has 4 nitrogen and oxygen atoms in total. The summed E-state index contributed by atoms with van der Waals surface area (Å²) in [5, 5.41) is 0. The first kappa shape index (κ1) is 14.0. The number of hydrogen-bond acceptors (Lipinski definition) is 4. The summed E-state index contributed by atoms with van der Waals surface area (Å²) < 4.78 is 5.78. The third kappa shape index (κ3) is 3.79. The van der Waals surface area contributed by atoms with Gasteiger partial charge in [-0.1, -0.05) is 30.3 Å². The minimum atomic E-state index is 0.290. The molecular formula is C17H21N3O. The van der Waals surface area contributed by atoms with Crippen LogP contribution >= 0.6 is 0 Å². The normalized spacial score (nSPS) is 17.9. The zero-order valence-electron chi connectivity index (χ0n) is 12.4. The second-order valence-corrected chi connectivity index (χ2v) is 5.50. The summed E-state index contributed by atoms with van der Waals surface area (Å²) in [7, 11) is 0. The molecule has 0 amide bonds. The highest BCUT2D eigenvalue weighted by Crippen LogP contribution is 2.18. The van der Waals surface area contributed by atoms with Crippen LogP contribution in [-0.2, 0) is 11.3 Å². The maximum atomic E-state index is 5.78. The molecule has 0 spiro atoms. The Hall–Kier alpha value is -1.94. The topological polar surface area (TPSA) is 38.2 Å². The summed E-state index contributed by atoms with van der Waals surface area (Å²) >= 11 is 0. The predicted molar refractivity (Wildman–Crippen MR) is 83.2 cm³/mol. The number of rotatable bonds is 5. The molecule has 0 bridgehead atoms. The Kier molecular flexibility index (Phi) is 4.46. The van der Waals surface area contributed by atoms with Gasteiger partial charge in [-0.15, -0.1) is 0 Å². The molecular weight excluding hydrogens is 262 g/mol. The number of aromatic nitrogens is 2. The quantitative estimate of drug-likeness (QED) is 0.845. The van der Waals surface area contributed by atoms with E-state index < -0.39 is 0 Å². The molecule has 1 saturated heterocycles. The molecule has 2 heterocycles. The van der Waals surface area contributed by atoms with Crippen molar-refractivity contribution in [1.82, 2.24) is 9.97 Å². The van der Waals surface area contributed by atoms with E-state index in [0.29, 0.717) is 0 Å². The van der Waals surface area contributed by atoms with Gasteiger partial charge in [-0.25, -0.2) is 9.97 Å². The van der Waals surface area contributed by atoms with Gasteiger partial charge in [0, 0.05) is 31.6 Å². The predicted octanol–water partition coefficient (Wildman–Crippen LogP) is 2.97. The maximum Gasteiger partial charge on any atom is 0.225 e. The average molecular weight is 283 g/mol. The van der Waals surface area contributed by atoms with Crippen molar-refractivity contribution in [3.05, 3.63) is 53.9 Å². The highest BCUT2D eigenvalue weighted by molar-refractivity contribution is 5.33. The van der Waals surface area contributed by atoms with Crippen LogP contribution in [0.4, 0.5) is 5.95 Å². The number of benzene rings is 1. The molecule has 0 unspecified atom stereocenters. The van der Waals surface area contributed by atoms with Crippen LogP contribution in [0.1, 0.15) is 24.1 Å². The second kappa shape index (κ2) is 6.68. The Labute approximate surface area is 125 Å². The zero-order chi connectivity index (χ0) is 14.5. The summed E-state index contributed by atoms with van der Waals surface area (Å²) in [5.74, 6) is 0.786. The van der Waals surface area contributed by atoms with Gasteiger partial charge >= 0.3 is 0 Å². The Morgan fingerprint density at radius 3 is 2.81 bits per heavy atom. The fourth-order valence-corrected chi connectivity index (χ4v) is 2.64. The lowest BCUT2D eigenvalue weighted by atomic mass is 10.2. The summed E-state index contributed by atoms with van der Waals surface area (Å²) in [5.41, 5.74) is 2.26. The van der Waals surface area contributed by atoms with Crippen molar-refractivity contribution < 1.29 is 4.74 Å². The number of hydrogen-bond donors (Lipinski definition) is 0. The zero-order valence-corrected chi connectivity index (χ0v) is 12.4. The van der Waals surface area contributed by atoms with Gasteiger partial charge < -0.3 is 9.64 Å². The van der Waals surface area contributed by atoms with E-state index >= 15 is 0 Å². The lowest BCUT2D eigenvalue weighted by Crippen LogP contribution is -2.33. The van der Waals surface area contributed by atoms with Crippen LogP contribution in [0, 0.1) is 6.92 Å². The number of anilines is 1. The van der Waals surface area contributed by atoms with E-state index in [4.69, 9.17) is 4.74 Å². The monoisotopic (exact) mass is 283 g/mol. The Balaban J connectivity index is 1.79. The van der Waals surface area contributed by atoms with Gasteiger partial charge in [0.1, 0.15) is 0 Å². The van der Waals surface area contributed by atoms with Gasteiger partial charge in [-0.05, 0) is 31.4 Å².